The van der Waals surface area contributed by atoms with Crippen molar-refractivity contribution in [1.82, 2.24) is 4.98 Å². The number of hydrogen-bond acceptors (Lipinski definition) is 4. The van der Waals surface area contributed by atoms with Gasteiger partial charge in [-0.2, -0.15) is 0 Å². The fourth-order valence-corrected chi connectivity index (χ4v) is 3.08. The van der Waals surface area contributed by atoms with Crippen molar-refractivity contribution in [3.63, 3.8) is 0 Å². The van der Waals surface area contributed by atoms with Gasteiger partial charge in [0.05, 0.1) is 16.3 Å². The second-order valence-electron chi connectivity index (χ2n) is 6.15. The zero-order valence-electron chi connectivity index (χ0n) is 13.1. The van der Waals surface area contributed by atoms with Crippen LogP contribution in [-0.4, -0.2) is 16.7 Å². The molecule has 1 heterocycles. The van der Waals surface area contributed by atoms with Crippen LogP contribution in [0.2, 0.25) is 0 Å². The minimum absolute atomic E-state index is 0.144. The van der Waals surface area contributed by atoms with Gasteiger partial charge in [-0.05, 0) is 52.7 Å². The van der Waals surface area contributed by atoms with Gasteiger partial charge in [0.1, 0.15) is 11.4 Å². The van der Waals surface area contributed by atoms with Crippen LogP contribution in [0, 0.1) is 0 Å². The van der Waals surface area contributed by atoms with Crippen molar-refractivity contribution in [2.75, 3.05) is 0 Å². The van der Waals surface area contributed by atoms with Crippen molar-refractivity contribution >= 4 is 21.6 Å². The van der Waals surface area contributed by atoms with Crippen molar-refractivity contribution in [3.05, 3.63) is 17.7 Å². The smallest absolute Gasteiger partial charge is 0.274 e. The Morgan fingerprint density at radius 1 is 1.25 bits per heavy atom. The standard InChI is InChI=1S/C16H23NO2S/c1-7-11-8-12(19-16(4,5)6)9-13-14(11)20-15(17-13)18-10(2)3/h8-10H,7H2,1-6H3. The first-order valence-corrected chi connectivity index (χ1v) is 7.89. The summed E-state index contributed by atoms with van der Waals surface area (Å²) in [6.07, 6.45) is 1.10. The molecule has 110 valence electrons. The van der Waals surface area contributed by atoms with Gasteiger partial charge in [0.15, 0.2) is 0 Å². The van der Waals surface area contributed by atoms with Crippen molar-refractivity contribution in [3.8, 4) is 10.9 Å². The predicted octanol–water partition coefficient (Wildman–Crippen LogP) is 4.82. The van der Waals surface area contributed by atoms with Gasteiger partial charge in [0.2, 0.25) is 0 Å². The molecule has 1 aromatic carbocycles. The number of aryl methyl sites for hydroxylation is 1. The van der Waals surface area contributed by atoms with Crippen LogP contribution in [0.15, 0.2) is 12.1 Å². The fourth-order valence-electron chi connectivity index (χ4n) is 1.98. The van der Waals surface area contributed by atoms with Crippen LogP contribution in [0.4, 0.5) is 0 Å². The summed E-state index contributed by atoms with van der Waals surface area (Å²) in [4.78, 5) is 4.57. The zero-order valence-corrected chi connectivity index (χ0v) is 13.9. The average Bonchev–Trinajstić information content (AvgIpc) is 2.66. The van der Waals surface area contributed by atoms with E-state index in [0.717, 1.165) is 22.9 Å². The molecule has 0 saturated heterocycles. The Kier molecular flexibility index (Phi) is 4.23. The Morgan fingerprint density at radius 2 is 1.95 bits per heavy atom. The molecule has 0 fully saturated rings. The molecule has 0 spiro atoms. The van der Waals surface area contributed by atoms with Gasteiger partial charge in [-0.15, -0.1) is 0 Å². The molecular formula is C16H23NO2S. The Balaban J connectivity index is 2.44. The van der Waals surface area contributed by atoms with Crippen LogP contribution >= 0.6 is 11.3 Å². The highest BCUT2D eigenvalue weighted by Gasteiger charge is 2.16. The minimum Gasteiger partial charge on any atom is -0.488 e. The first kappa shape index (κ1) is 15.1. The third-order valence-corrected chi connectivity index (χ3v) is 3.70. The van der Waals surface area contributed by atoms with Crippen LogP contribution < -0.4 is 9.47 Å². The molecule has 0 atom stereocenters. The summed E-state index contributed by atoms with van der Waals surface area (Å²) in [5.41, 5.74) is 2.02. The predicted molar refractivity (Wildman–Crippen MR) is 85.1 cm³/mol. The Hall–Kier alpha value is -1.29. The maximum atomic E-state index is 5.97. The van der Waals surface area contributed by atoms with Gasteiger partial charge in [-0.1, -0.05) is 18.3 Å². The van der Waals surface area contributed by atoms with Crippen LogP contribution in [0.5, 0.6) is 10.9 Å². The number of benzene rings is 1. The molecule has 0 saturated carbocycles. The number of thiazole rings is 1. The molecule has 0 aliphatic heterocycles. The van der Waals surface area contributed by atoms with Crippen molar-refractivity contribution in [2.45, 2.75) is 59.7 Å². The molecule has 0 aliphatic rings. The first-order chi connectivity index (χ1) is 9.28. The molecule has 3 nitrogen and oxygen atoms in total. The maximum absolute atomic E-state index is 5.97. The van der Waals surface area contributed by atoms with E-state index in [0.29, 0.717) is 0 Å². The normalized spacial score (nSPS) is 12.2. The number of hydrogen-bond donors (Lipinski definition) is 0. The lowest BCUT2D eigenvalue weighted by Gasteiger charge is -2.21. The second-order valence-corrected chi connectivity index (χ2v) is 7.11. The monoisotopic (exact) mass is 293 g/mol. The van der Waals surface area contributed by atoms with Crippen LogP contribution in [0.25, 0.3) is 10.2 Å². The highest BCUT2D eigenvalue weighted by molar-refractivity contribution is 7.20. The van der Waals surface area contributed by atoms with Gasteiger partial charge in [0.25, 0.3) is 5.19 Å². The molecule has 0 bridgehead atoms. The molecule has 0 amide bonds. The summed E-state index contributed by atoms with van der Waals surface area (Å²) in [5.74, 6) is 0.878. The van der Waals surface area contributed by atoms with E-state index < -0.39 is 0 Å². The Morgan fingerprint density at radius 3 is 2.50 bits per heavy atom. The third-order valence-electron chi connectivity index (χ3n) is 2.66. The lowest BCUT2D eigenvalue weighted by Crippen LogP contribution is -2.22. The summed E-state index contributed by atoms with van der Waals surface area (Å²) < 4.78 is 12.9. The fraction of sp³-hybridized carbons (Fsp3) is 0.562. The number of ether oxygens (including phenoxy) is 2. The summed E-state index contributed by atoms with van der Waals surface area (Å²) >= 11 is 1.61. The topological polar surface area (TPSA) is 31.4 Å². The SMILES string of the molecule is CCc1cc(OC(C)(C)C)cc2nc(OC(C)C)sc12. The zero-order chi connectivity index (χ0) is 14.9. The van der Waals surface area contributed by atoms with Gasteiger partial charge in [-0.3, -0.25) is 0 Å². The van der Waals surface area contributed by atoms with Crippen LogP contribution in [-0.2, 0) is 6.42 Å². The molecule has 0 aliphatic carbocycles. The molecule has 4 heteroatoms. The highest BCUT2D eigenvalue weighted by Crippen LogP contribution is 2.35. The summed E-state index contributed by atoms with van der Waals surface area (Å²) in [6, 6.07) is 4.12. The quantitative estimate of drug-likeness (QED) is 0.809. The van der Waals surface area contributed by atoms with E-state index in [-0.39, 0.29) is 11.7 Å². The van der Waals surface area contributed by atoms with Crippen molar-refractivity contribution in [1.29, 1.82) is 0 Å². The Bertz CT molecular complexity index is 596. The lowest BCUT2D eigenvalue weighted by molar-refractivity contribution is 0.131. The number of rotatable bonds is 4. The van der Waals surface area contributed by atoms with Gasteiger partial charge < -0.3 is 9.47 Å². The number of aromatic nitrogens is 1. The minimum atomic E-state index is -0.202. The van der Waals surface area contributed by atoms with Crippen molar-refractivity contribution < 1.29 is 9.47 Å². The first-order valence-electron chi connectivity index (χ1n) is 7.07. The second kappa shape index (κ2) is 5.60. The molecule has 2 rings (SSSR count). The average molecular weight is 293 g/mol. The van der Waals surface area contributed by atoms with E-state index in [1.807, 2.05) is 19.9 Å². The van der Waals surface area contributed by atoms with E-state index in [1.54, 1.807) is 11.3 Å². The van der Waals surface area contributed by atoms with E-state index in [9.17, 15) is 0 Å². The summed E-state index contributed by atoms with van der Waals surface area (Å²) in [6.45, 7) is 12.3. The molecule has 0 radical (unpaired) electrons. The van der Waals surface area contributed by atoms with Crippen LogP contribution in [0.1, 0.15) is 47.1 Å². The molecule has 0 unspecified atom stereocenters. The Labute approximate surface area is 124 Å². The van der Waals surface area contributed by atoms with Crippen molar-refractivity contribution in [2.24, 2.45) is 0 Å². The van der Waals surface area contributed by atoms with E-state index in [1.165, 1.54) is 10.3 Å². The largest absolute Gasteiger partial charge is 0.488 e. The highest BCUT2D eigenvalue weighted by atomic mass is 32.1. The van der Waals surface area contributed by atoms with Gasteiger partial charge >= 0.3 is 0 Å². The van der Waals surface area contributed by atoms with E-state index in [4.69, 9.17) is 9.47 Å². The number of fused-ring (bicyclic) bond motifs is 1. The third kappa shape index (κ3) is 3.63. The summed E-state index contributed by atoms with van der Waals surface area (Å²) in [5, 5.41) is 0.734. The number of nitrogens with zero attached hydrogens (tertiary/aromatic N) is 1. The van der Waals surface area contributed by atoms with Gasteiger partial charge in [-0.25, -0.2) is 4.98 Å². The molecule has 0 N–H and O–H groups in total. The van der Waals surface area contributed by atoms with E-state index >= 15 is 0 Å². The lowest BCUT2D eigenvalue weighted by atomic mass is 10.1. The van der Waals surface area contributed by atoms with Gasteiger partial charge in [0, 0.05) is 6.07 Å². The van der Waals surface area contributed by atoms with E-state index in [2.05, 4.69) is 38.7 Å². The molecular weight excluding hydrogens is 270 g/mol. The van der Waals surface area contributed by atoms with Crippen LogP contribution in [0.3, 0.4) is 0 Å². The maximum Gasteiger partial charge on any atom is 0.274 e. The molecule has 1 aromatic heterocycles. The molecule has 2 aromatic rings. The summed E-state index contributed by atoms with van der Waals surface area (Å²) in [7, 11) is 0. The molecule has 20 heavy (non-hydrogen) atoms.